The average Bonchev–Trinajstić information content (AvgIpc) is 2.87. The van der Waals surface area contributed by atoms with Gasteiger partial charge in [-0.05, 0) is 11.6 Å². The summed E-state index contributed by atoms with van der Waals surface area (Å²) < 4.78 is 44.4. The van der Waals surface area contributed by atoms with E-state index < -0.39 is 20.8 Å². The molecule has 112 valence electrons. The third-order valence-corrected chi connectivity index (χ3v) is 4.68. The van der Waals surface area contributed by atoms with Crippen LogP contribution in [-0.4, -0.2) is 30.8 Å². The summed E-state index contributed by atoms with van der Waals surface area (Å²) in [4.78, 5) is -0.618. The van der Waals surface area contributed by atoms with Crippen LogP contribution < -0.4 is 28.3 Å². The molecule has 0 fully saturated rings. The van der Waals surface area contributed by atoms with Crippen molar-refractivity contribution in [2.75, 3.05) is 6.61 Å². The monoisotopic (exact) mass is 334 g/mol. The second-order valence-electron chi connectivity index (χ2n) is 4.57. The number of thiophene rings is 1. The standard InChI is InChI=1S/C13H12O6S2.Li/c14-13-8(2-1-3-12(13)21(15,16)17)4-9-5-18-10-6-20-7-11(10)19-9;/h1-3,6-7,9,14H,4-5H2,(H,15,16,17);/q;+1/p-1. The van der Waals surface area contributed by atoms with Crippen molar-refractivity contribution in [1.82, 2.24) is 0 Å². The van der Waals surface area contributed by atoms with Crippen LogP contribution in [0.1, 0.15) is 5.56 Å². The number of benzene rings is 1. The van der Waals surface area contributed by atoms with Gasteiger partial charge in [-0.1, -0.05) is 12.1 Å². The zero-order chi connectivity index (χ0) is 15.0. The molecule has 6 nitrogen and oxygen atoms in total. The van der Waals surface area contributed by atoms with Crippen molar-refractivity contribution in [3.8, 4) is 17.2 Å². The Labute approximate surface area is 143 Å². The third kappa shape index (κ3) is 3.42. The Bertz CT molecular complexity index is 771. The Morgan fingerprint density at radius 3 is 2.77 bits per heavy atom. The van der Waals surface area contributed by atoms with Gasteiger partial charge < -0.3 is 19.1 Å². The van der Waals surface area contributed by atoms with E-state index in [-0.39, 0.29) is 38.0 Å². The van der Waals surface area contributed by atoms with E-state index in [1.807, 2.05) is 5.38 Å². The molecule has 0 radical (unpaired) electrons. The first-order valence-electron chi connectivity index (χ1n) is 6.07. The van der Waals surface area contributed by atoms with Gasteiger partial charge in [-0.25, -0.2) is 8.42 Å². The Morgan fingerprint density at radius 2 is 2.05 bits per heavy atom. The van der Waals surface area contributed by atoms with E-state index in [0.717, 1.165) is 6.07 Å². The van der Waals surface area contributed by atoms with E-state index in [0.29, 0.717) is 17.1 Å². The molecule has 3 rings (SSSR count). The van der Waals surface area contributed by atoms with Gasteiger partial charge in [0.25, 0.3) is 0 Å². The van der Waals surface area contributed by atoms with Crippen LogP contribution in [0.5, 0.6) is 17.2 Å². The van der Waals surface area contributed by atoms with Crippen molar-refractivity contribution in [1.29, 1.82) is 0 Å². The minimum Gasteiger partial charge on any atom is -0.744 e. The normalized spacial score (nSPS) is 16.9. The topological polar surface area (TPSA) is 95.9 Å². The Hall–Kier alpha value is -1.17. The first-order chi connectivity index (χ1) is 9.95. The molecule has 22 heavy (non-hydrogen) atoms. The van der Waals surface area contributed by atoms with Crippen molar-refractivity contribution in [3.63, 3.8) is 0 Å². The Balaban J connectivity index is 0.00000176. The maximum absolute atomic E-state index is 11.1. The summed E-state index contributed by atoms with van der Waals surface area (Å²) in [5, 5.41) is 13.6. The molecular weight excluding hydrogens is 323 g/mol. The maximum Gasteiger partial charge on any atom is 1.00 e. The number of hydrogen-bond donors (Lipinski definition) is 1. The molecule has 0 bridgehead atoms. The smallest absolute Gasteiger partial charge is 0.744 e. The maximum atomic E-state index is 11.1. The first kappa shape index (κ1) is 17.2. The van der Waals surface area contributed by atoms with Crippen LogP contribution in [-0.2, 0) is 16.5 Å². The summed E-state index contributed by atoms with van der Waals surface area (Å²) in [5.74, 6) is 0.784. The van der Waals surface area contributed by atoms with Crippen molar-refractivity contribution in [2.24, 2.45) is 0 Å². The fourth-order valence-corrected chi connectivity index (χ4v) is 3.43. The molecule has 0 amide bonds. The zero-order valence-corrected chi connectivity index (χ0v) is 13.3. The van der Waals surface area contributed by atoms with Crippen LogP contribution in [0.15, 0.2) is 33.9 Å². The van der Waals surface area contributed by atoms with Crippen molar-refractivity contribution in [3.05, 3.63) is 34.5 Å². The number of rotatable bonds is 3. The number of phenols is 1. The molecule has 1 unspecified atom stereocenters. The first-order valence-corrected chi connectivity index (χ1v) is 8.42. The zero-order valence-electron chi connectivity index (χ0n) is 11.7. The minimum atomic E-state index is -4.71. The third-order valence-electron chi connectivity index (χ3n) is 3.11. The molecule has 9 heteroatoms. The molecule has 0 spiro atoms. The molecule has 1 N–H and O–H groups in total. The fourth-order valence-electron chi connectivity index (χ4n) is 2.14. The Morgan fingerprint density at radius 1 is 1.32 bits per heavy atom. The summed E-state index contributed by atoms with van der Waals surface area (Å²) in [7, 11) is -4.71. The van der Waals surface area contributed by atoms with E-state index in [2.05, 4.69) is 0 Å². The predicted octanol–water partition coefficient (Wildman–Crippen LogP) is -1.26. The number of aromatic hydroxyl groups is 1. The van der Waals surface area contributed by atoms with Gasteiger partial charge in [-0.3, -0.25) is 0 Å². The summed E-state index contributed by atoms with van der Waals surface area (Å²) in [5.41, 5.74) is 0.333. The van der Waals surface area contributed by atoms with Gasteiger partial charge in [0.1, 0.15) is 28.6 Å². The quantitative estimate of drug-likeness (QED) is 0.556. The number of hydrogen-bond acceptors (Lipinski definition) is 7. The Kier molecular flexibility index (Phi) is 5.09. The van der Waals surface area contributed by atoms with Gasteiger partial charge in [0.15, 0.2) is 11.5 Å². The van der Waals surface area contributed by atoms with Crippen LogP contribution in [0.3, 0.4) is 0 Å². The van der Waals surface area contributed by atoms with Gasteiger partial charge in [0, 0.05) is 17.2 Å². The molecule has 0 saturated carbocycles. The molecule has 2 heterocycles. The molecule has 1 aliphatic rings. The van der Waals surface area contributed by atoms with E-state index in [1.165, 1.54) is 17.4 Å². The molecule has 1 aromatic carbocycles. The van der Waals surface area contributed by atoms with E-state index >= 15 is 0 Å². The fraction of sp³-hybridized carbons (Fsp3) is 0.231. The van der Waals surface area contributed by atoms with Crippen LogP contribution in [0.4, 0.5) is 0 Å². The van der Waals surface area contributed by atoms with Gasteiger partial charge in [-0.2, -0.15) is 0 Å². The summed E-state index contributed by atoms with van der Waals surface area (Å²) in [6.45, 7) is 0.289. The van der Waals surface area contributed by atoms with E-state index in [1.54, 1.807) is 11.4 Å². The van der Waals surface area contributed by atoms with Crippen LogP contribution >= 0.6 is 11.3 Å². The number of fused-ring (bicyclic) bond motifs is 1. The number of phenolic OH excluding ortho intramolecular Hbond substituents is 1. The molecule has 1 atom stereocenters. The largest absolute Gasteiger partial charge is 1.00 e. The minimum absolute atomic E-state index is 0. The molecule has 0 saturated heterocycles. The predicted molar refractivity (Wildman–Crippen MR) is 74.0 cm³/mol. The molecule has 0 aliphatic carbocycles. The van der Waals surface area contributed by atoms with Gasteiger partial charge in [0.05, 0.1) is 4.90 Å². The molecule has 2 aromatic rings. The van der Waals surface area contributed by atoms with Crippen molar-refractivity contribution >= 4 is 21.5 Å². The van der Waals surface area contributed by atoms with E-state index in [9.17, 15) is 18.1 Å². The number of para-hydroxylation sites is 1. The summed E-state index contributed by atoms with van der Waals surface area (Å²) in [6.07, 6.45) is -0.118. The van der Waals surface area contributed by atoms with Crippen LogP contribution in [0.25, 0.3) is 0 Å². The van der Waals surface area contributed by atoms with Gasteiger partial charge >= 0.3 is 18.9 Å². The van der Waals surface area contributed by atoms with Gasteiger partial charge in [0.2, 0.25) is 0 Å². The average molecular weight is 334 g/mol. The second kappa shape index (κ2) is 6.52. The van der Waals surface area contributed by atoms with Crippen LogP contribution in [0.2, 0.25) is 0 Å². The van der Waals surface area contributed by atoms with Gasteiger partial charge in [-0.15, -0.1) is 11.3 Å². The summed E-state index contributed by atoms with van der Waals surface area (Å²) >= 11 is 1.45. The van der Waals surface area contributed by atoms with Crippen molar-refractivity contribution in [2.45, 2.75) is 17.4 Å². The molecule has 1 aromatic heterocycles. The molecular formula is C13H11LiO6S2. The molecule has 1 aliphatic heterocycles. The van der Waals surface area contributed by atoms with Crippen molar-refractivity contribution < 1.29 is 46.4 Å². The number of ether oxygens (including phenoxy) is 2. The SMILES string of the molecule is O=S(=O)([O-])c1cccc(CC2COc3cscc3O2)c1O.[Li+]. The second-order valence-corrected chi connectivity index (χ2v) is 6.66. The van der Waals surface area contributed by atoms with Crippen LogP contribution in [0, 0.1) is 0 Å². The summed E-state index contributed by atoms with van der Waals surface area (Å²) in [6, 6.07) is 4.05. The van der Waals surface area contributed by atoms with E-state index in [4.69, 9.17) is 9.47 Å².